The van der Waals surface area contributed by atoms with Crippen molar-refractivity contribution in [3.8, 4) is 0 Å². The van der Waals surface area contributed by atoms with Gasteiger partial charge in [-0.2, -0.15) is 8.42 Å². The molecule has 0 aliphatic carbocycles. The summed E-state index contributed by atoms with van der Waals surface area (Å²) in [6.07, 6.45) is 2.71. The van der Waals surface area contributed by atoms with E-state index in [9.17, 15) is 8.42 Å². The van der Waals surface area contributed by atoms with Gasteiger partial charge in [-0.15, -0.1) is 0 Å². The summed E-state index contributed by atoms with van der Waals surface area (Å²) >= 11 is 0. The van der Waals surface area contributed by atoms with E-state index in [4.69, 9.17) is 8.92 Å². The molecule has 0 aromatic heterocycles. The van der Waals surface area contributed by atoms with Gasteiger partial charge in [-0.05, 0) is 52.2 Å². The van der Waals surface area contributed by atoms with Crippen molar-refractivity contribution in [1.29, 1.82) is 0 Å². The van der Waals surface area contributed by atoms with E-state index in [2.05, 4.69) is 0 Å². The van der Waals surface area contributed by atoms with E-state index in [1.54, 1.807) is 24.3 Å². The highest BCUT2D eigenvalue weighted by atomic mass is 32.2. The minimum Gasteiger partial charge on any atom is -0.370 e. The lowest BCUT2D eigenvalue weighted by Crippen LogP contribution is -2.38. The Balaban J connectivity index is 1.97. The molecule has 0 amide bonds. The number of benzene rings is 1. The van der Waals surface area contributed by atoms with Gasteiger partial charge in [-0.1, -0.05) is 17.7 Å². The van der Waals surface area contributed by atoms with Crippen LogP contribution in [0.15, 0.2) is 29.2 Å². The van der Waals surface area contributed by atoms with E-state index in [1.807, 2.05) is 20.8 Å². The minimum absolute atomic E-state index is 0.0830. The van der Waals surface area contributed by atoms with Crippen molar-refractivity contribution in [3.05, 3.63) is 29.8 Å². The quantitative estimate of drug-likeness (QED) is 0.802. The molecule has 1 aliphatic rings. The van der Waals surface area contributed by atoms with Gasteiger partial charge in [-0.3, -0.25) is 4.18 Å². The molecule has 1 aromatic rings. The summed E-state index contributed by atoms with van der Waals surface area (Å²) in [6.45, 7) is 6.04. The summed E-state index contributed by atoms with van der Waals surface area (Å²) in [5.74, 6) is 0. The first kappa shape index (κ1) is 15.5. The first-order valence-electron chi connectivity index (χ1n) is 6.92. The van der Waals surface area contributed by atoms with Gasteiger partial charge in [-0.25, -0.2) is 0 Å². The monoisotopic (exact) mass is 298 g/mol. The zero-order valence-corrected chi connectivity index (χ0v) is 13.1. The van der Waals surface area contributed by atoms with Crippen molar-refractivity contribution in [2.45, 2.75) is 56.6 Å². The van der Waals surface area contributed by atoms with Gasteiger partial charge in [0.2, 0.25) is 0 Å². The number of hydrogen-bond acceptors (Lipinski definition) is 4. The Morgan fingerprint density at radius 1 is 1.30 bits per heavy atom. The normalized spacial score (nSPS) is 22.6. The minimum atomic E-state index is -3.69. The Labute approximate surface area is 121 Å². The van der Waals surface area contributed by atoms with Gasteiger partial charge in [0, 0.05) is 0 Å². The van der Waals surface area contributed by atoms with Gasteiger partial charge in [0.1, 0.15) is 0 Å². The summed E-state index contributed by atoms with van der Waals surface area (Å²) in [5, 5.41) is 0. The zero-order valence-electron chi connectivity index (χ0n) is 12.3. The number of hydrogen-bond donors (Lipinski definition) is 0. The number of ether oxygens (including phenoxy) is 1. The standard InChI is InChI=1S/C15H22O4S/c1-12-6-8-14(9-7-12)20(16,17)18-11-13-5-4-10-15(2,3)19-13/h6-9,13H,4-5,10-11H2,1-3H3. The van der Waals surface area contributed by atoms with Crippen molar-refractivity contribution >= 4 is 10.1 Å². The first-order chi connectivity index (χ1) is 9.28. The maximum Gasteiger partial charge on any atom is 0.297 e. The fraction of sp³-hybridized carbons (Fsp3) is 0.600. The lowest BCUT2D eigenvalue weighted by atomic mass is 9.95. The average molecular weight is 298 g/mol. The summed E-state index contributed by atoms with van der Waals surface area (Å²) in [7, 11) is -3.69. The summed E-state index contributed by atoms with van der Waals surface area (Å²) in [6, 6.07) is 6.65. The van der Waals surface area contributed by atoms with Gasteiger partial charge >= 0.3 is 0 Å². The second kappa shape index (κ2) is 5.84. The highest BCUT2D eigenvalue weighted by Gasteiger charge is 2.29. The maximum absolute atomic E-state index is 12.1. The molecule has 1 unspecified atom stereocenters. The highest BCUT2D eigenvalue weighted by Crippen LogP contribution is 2.28. The fourth-order valence-corrected chi connectivity index (χ4v) is 3.32. The molecule has 0 radical (unpaired) electrons. The molecule has 5 heteroatoms. The molecule has 0 saturated carbocycles. The third kappa shape index (κ3) is 4.04. The molecule has 1 aromatic carbocycles. The van der Waals surface area contributed by atoms with Crippen molar-refractivity contribution in [2.75, 3.05) is 6.61 Å². The zero-order chi connectivity index (χ0) is 14.8. The van der Waals surface area contributed by atoms with Crippen LogP contribution in [0.2, 0.25) is 0 Å². The summed E-state index contributed by atoms with van der Waals surface area (Å²) in [5.41, 5.74) is 0.821. The number of aryl methyl sites for hydroxylation is 1. The van der Waals surface area contributed by atoms with Crippen molar-refractivity contribution in [3.63, 3.8) is 0 Å². The van der Waals surface area contributed by atoms with Gasteiger partial charge < -0.3 is 4.74 Å². The third-order valence-corrected chi connectivity index (χ3v) is 4.81. The average Bonchev–Trinajstić information content (AvgIpc) is 2.36. The van der Waals surface area contributed by atoms with Crippen LogP contribution in [0.1, 0.15) is 38.7 Å². The van der Waals surface area contributed by atoms with Crippen LogP contribution in [0, 0.1) is 6.92 Å². The molecular formula is C15H22O4S. The lowest BCUT2D eigenvalue weighted by Gasteiger charge is -2.35. The smallest absolute Gasteiger partial charge is 0.297 e. The Morgan fingerprint density at radius 2 is 1.95 bits per heavy atom. The molecule has 2 rings (SSSR count). The molecule has 1 aliphatic heterocycles. The van der Waals surface area contributed by atoms with Gasteiger partial charge in [0.25, 0.3) is 10.1 Å². The molecule has 20 heavy (non-hydrogen) atoms. The molecule has 0 bridgehead atoms. The van der Waals surface area contributed by atoms with Crippen LogP contribution in [0.3, 0.4) is 0 Å². The molecule has 1 fully saturated rings. The molecule has 1 saturated heterocycles. The highest BCUT2D eigenvalue weighted by molar-refractivity contribution is 7.86. The predicted molar refractivity (Wildman–Crippen MR) is 77.1 cm³/mol. The Morgan fingerprint density at radius 3 is 2.55 bits per heavy atom. The third-order valence-electron chi connectivity index (χ3n) is 3.51. The van der Waals surface area contributed by atoms with Crippen LogP contribution in [0.4, 0.5) is 0 Å². The molecule has 0 N–H and O–H groups in total. The van der Waals surface area contributed by atoms with Gasteiger partial charge in [0.05, 0.1) is 23.2 Å². The summed E-state index contributed by atoms with van der Waals surface area (Å²) < 4.78 is 35.1. The maximum atomic E-state index is 12.1. The Kier molecular flexibility index (Phi) is 4.52. The topological polar surface area (TPSA) is 52.6 Å². The number of rotatable bonds is 4. The lowest BCUT2D eigenvalue weighted by molar-refractivity contribution is -0.118. The first-order valence-corrected chi connectivity index (χ1v) is 8.33. The van der Waals surface area contributed by atoms with Crippen molar-refractivity contribution in [2.24, 2.45) is 0 Å². The molecule has 0 spiro atoms. The van der Waals surface area contributed by atoms with Crippen LogP contribution >= 0.6 is 0 Å². The van der Waals surface area contributed by atoms with E-state index < -0.39 is 10.1 Å². The summed E-state index contributed by atoms with van der Waals surface area (Å²) in [4.78, 5) is 0.193. The van der Waals surface area contributed by atoms with Gasteiger partial charge in [0.15, 0.2) is 0 Å². The van der Waals surface area contributed by atoms with Crippen LogP contribution in [0.25, 0.3) is 0 Å². The second-order valence-electron chi connectivity index (χ2n) is 5.94. The van der Waals surface area contributed by atoms with E-state index in [-0.39, 0.29) is 23.2 Å². The van der Waals surface area contributed by atoms with E-state index in [1.165, 1.54) is 0 Å². The van der Waals surface area contributed by atoms with Crippen LogP contribution in [-0.2, 0) is 19.0 Å². The molecule has 4 nitrogen and oxygen atoms in total. The largest absolute Gasteiger partial charge is 0.370 e. The SMILES string of the molecule is Cc1ccc(S(=O)(=O)OCC2CCCC(C)(C)O2)cc1. The molecule has 112 valence electrons. The van der Waals surface area contributed by atoms with Crippen LogP contribution < -0.4 is 0 Å². The second-order valence-corrected chi connectivity index (χ2v) is 7.56. The molecular weight excluding hydrogens is 276 g/mol. The molecule has 1 heterocycles. The van der Waals surface area contributed by atoms with E-state index >= 15 is 0 Å². The van der Waals surface area contributed by atoms with E-state index in [0.29, 0.717) is 0 Å². The van der Waals surface area contributed by atoms with Crippen LogP contribution in [-0.4, -0.2) is 26.7 Å². The van der Waals surface area contributed by atoms with Crippen molar-refractivity contribution in [1.82, 2.24) is 0 Å². The Hall–Kier alpha value is -0.910. The van der Waals surface area contributed by atoms with E-state index in [0.717, 1.165) is 24.8 Å². The predicted octanol–water partition coefficient (Wildman–Crippen LogP) is 3.05. The van der Waals surface area contributed by atoms with Crippen LogP contribution in [0.5, 0.6) is 0 Å². The van der Waals surface area contributed by atoms with Crippen molar-refractivity contribution < 1.29 is 17.3 Å². The Bertz CT molecular complexity index is 546. The fourth-order valence-electron chi connectivity index (χ4n) is 2.38. The molecule has 1 atom stereocenters.